The molecular weight excluding hydrogens is 953 g/mol. The van der Waals surface area contributed by atoms with E-state index in [0.29, 0.717) is 92.7 Å². The lowest BCUT2D eigenvalue weighted by Gasteiger charge is -2.39. The summed E-state index contributed by atoms with van der Waals surface area (Å²) in [5.41, 5.74) is 0.715. The van der Waals surface area contributed by atoms with Crippen LogP contribution < -0.4 is 24.6 Å². The minimum Gasteiger partial charge on any atom is -0.476 e. The van der Waals surface area contributed by atoms with Crippen molar-refractivity contribution >= 4 is 76.6 Å². The Kier molecular flexibility index (Phi) is 13.7. The number of nitrogens with zero attached hydrogens (tertiary/aromatic N) is 4. The number of halogens is 4. The Morgan fingerprint density at radius 2 is 1.70 bits per heavy atom. The SMILES string of the molecule is CC1(C)CCC(CN2CCN(c3ccc(C(=O)NS(=O)(=O)c4ccc(NCC5CCOCC5)c(S(=N)(=O)C(F)(F)F)c4)c(N4CCCOc5nc6[nH]ccc6cc54)c3)CC2)=C(c2ccc(Cl)cc2)C1. The third kappa shape index (κ3) is 10.6. The van der Waals surface area contributed by atoms with Gasteiger partial charge in [-0.05, 0) is 122 Å². The molecule has 1 amide bonds. The Labute approximate surface area is 405 Å². The number of anilines is 4. The Morgan fingerprint density at radius 1 is 0.942 bits per heavy atom. The molecule has 3 aliphatic heterocycles. The summed E-state index contributed by atoms with van der Waals surface area (Å²) in [6, 6.07) is 19.7. The fraction of sp³-hybridized carbons (Fsp3) is 0.429. The average molecular weight is 1010 g/mol. The number of piperazine rings is 1. The van der Waals surface area contributed by atoms with Crippen LogP contribution in [0.2, 0.25) is 5.02 Å². The van der Waals surface area contributed by atoms with Crippen molar-refractivity contribution in [3.8, 4) is 5.88 Å². The third-order valence-corrected chi connectivity index (χ3v) is 16.8. The number of pyridine rings is 1. The van der Waals surface area contributed by atoms with Crippen molar-refractivity contribution in [2.24, 2.45) is 11.3 Å². The molecule has 5 heterocycles. The van der Waals surface area contributed by atoms with Crippen LogP contribution in [-0.4, -0.2) is 105 Å². The number of amides is 1. The number of carbonyl (C=O) groups excluding carboxylic acids is 1. The number of nitrogens with one attached hydrogen (secondary N) is 4. The summed E-state index contributed by atoms with van der Waals surface area (Å²) in [6.07, 6.45) is 6.66. The predicted octanol–water partition coefficient (Wildman–Crippen LogP) is 9.81. The normalized spacial score (nSPS) is 19.4. The molecule has 1 aliphatic carbocycles. The number of hydrogen-bond acceptors (Lipinski definition) is 12. The first-order valence-corrected chi connectivity index (χ1v) is 26.6. The molecular formula is C49H56ClF3N8O6S2. The molecule has 0 saturated carbocycles. The molecule has 368 valence electrons. The van der Waals surface area contributed by atoms with Crippen LogP contribution in [0, 0.1) is 16.1 Å². The maximum absolute atomic E-state index is 14.5. The minimum atomic E-state index is -5.54. The number of rotatable bonds is 12. The van der Waals surface area contributed by atoms with Crippen LogP contribution in [0.4, 0.5) is 35.9 Å². The smallest absolute Gasteiger partial charge is 0.476 e. The van der Waals surface area contributed by atoms with E-state index in [9.17, 15) is 30.6 Å². The molecule has 2 aromatic heterocycles. The number of fused-ring (bicyclic) bond motifs is 2. The number of alkyl halides is 3. The Balaban J connectivity index is 1.01. The molecule has 5 aromatic rings. The fourth-order valence-corrected chi connectivity index (χ4v) is 11.8. The van der Waals surface area contributed by atoms with Gasteiger partial charge in [0, 0.05) is 81.3 Å². The first kappa shape index (κ1) is 48.7. The van der Waals surface area contributed by atoms with Gasteiger partial charge in [0.25, 0.3) is 15.9 Å². The van der Waals surface area contributed by atoms with Gasteiger partial charge in [-0.25, -0.2) is 22.1 Å². The summed E-state index contributed by atoms with van der Waals surface area (Å²) in [5.74, 6) is -0.693. The zero-order chi connectivity index (χ0) is 48.7. The highest BCUT2D eigenvalue weighted by Crippen LogP contribution is 2.44. The summed E-state index contributed by atoms with van der Waals surface area (Å²) >= 11 is 6.26. The molecule has 1 unspecified atom stereocenters. The second kappa shape index (κ2) is 19.5. The monoisotopic (exact) mass is 1010 g/mol. The van der Waals surface area contributed by atoms with Crippen LogP contribution in [0.25, 0.3) is 16.6 Å². The molecule has 9 rings (SSSR count). The maximum atomic E-state index is 14.5. The van der Waals surface area contributed by atoms with Crippen molar-refractivity contribution < 1.29 is 40.1 Å². The highest BCUT2D eigenvalue weighted by atomic mass is 35.5. The lowest BCUT2D eigenvalue weighted by Crippen LogP contribution is -2.47. The van der Waals surface area contributed by atoms with E-state index >= 15 is 0 Å². The second-order valence-electron chi connectivity index (χ2n) is 19.0. The number of carbonyl (C=O) groups is 1. The molecule has 0 radical (unpaired) electrons. The first-order chi connectivity index (χ1) is 32.8. The van der Waals surface area contributed by atoms with Crippen LogP contribution in [0.3, 0.4) is 0 Å². The fourth-order valence-electron chi connectivity index (χ4n) is 9.66. The van der Waals surface area contributed by atoms with E-state index in [4.69, 9.17) is 30.8 Å². The molecule has 2 saturated heterocycles. The summed E-state index contributed by atoms with van der Waals surface area (Å²) < 4.78 is 105. The number of allylic oxidation sites excluding steroid dienone is 1. The maximum Gasteiger partial charge on any atom is 0.483 e. The summed E-state index contributed by atoms with van der Waals surface area (Å²) in [5, 5.41) is 4.36. The van der Waals surface area contributed by atoms with Crippen molar-refractivity contribution in [1.29, 1.82) is 4.78 Å². The number of hydrogen-bond donors (Lipinski definition) is 4. The molecule has 14 nitrogen and oxygen atoms in total. The van der Waals surface area contributed by atoms with Gasteiger partial charge < -0.3 is 29.6 Å². The van der Waals surface area contributed by atoms with Crippen LogP contribution in [-0.2, 0) is 24.5 Å². The quantitative estimate of drug-likeness (QED) is 0.0938. The average Bonchev–Trinajstić information content (AvgIpc) is 3.69. The lowest BCUT2D eigenvalue weighted by atomic mass is 9.72. The van der Waals surface area contributed by atoms with E-state index in [-0.39, 0.29) is 29.1 Å². The summed E-state index contributed by atoms with van der Waals surface area (Å²) in [7, 11) is -10.4. The molecule has 3 aromatic carbocycles. The zero-order valence-electron chi connectivity index (χ0n) is 38.5. The van der Waals surface area contributed by atoms with Crippen molar-refractivity contribution in [2.45, 2.75) is 67.7 Å². The van der Waals surface area contributed by atoms with Crippen LogP contribution in [0.5, 0.6) is 5.88 Å². The highest BCUT2D eigenvalue weighted by Gasteiger charge is 2.45. The summed E-state index contributed by atoms with van der Waals surface area (Å²) in [4.78, 5) is 27.1. The van der Waals surface area contributed by atoms with E-state index in [0.717, 1.165) is 62.1 Å². The van der Waals surface area contributed by atoms with Crippen LogP contribution in [0.1, 0.15) is 68.3 Å². The topological polar surface area (TPSA) is 173 Å². The number of aromatic amines is 1. The molecule has 20 heteroatoms. The predicted molar refractivity (Wildman–Crippen MR) is 263 cm³/mol. The van der Waals surface area contributed by atoms with E-state index in [2.05, 4.69) is 50.8 Å². The van der Waals surface area contributed by atoms with E-state index in [1.807, 2.05) is 35.2 Å². The van der Waals surface area contributed by atoms with Crippen LogP contribution in [0.15, 0.2) is 94.4 Å². The van der Waals surface area contributed by atoms with Gasteiger partial charge in [0.05, 0.1) is 33.3 Å². The Bertz CT molecular complexity index is 2990. The van der Waals surface area contributed by atoms with Gasteiger partial charge in [-0.15, -0.1) is 0 Å². The number of H-pyrrole nitrogens is 1. The number of aromatic nitrogens is 2. The molecule has 4 N–H and O–H groups in total. The Morgan fingerprint density at radius 3 is 2.43 bits per heavy atom. The highest BCUT2D eigenvalue weighted by molar-refractivity contribution is 7.93. The van der Waals surface area contributed by atoms with Crippen molar-refractivity contribution in [2.75, 3.05) is 80.8 Å². The molecule has 0 bridgehead atoms. The van der Waals surface area contributed by atoms with E-state index in [1.54, 1.807) is 18.3 Å². The standard InChI is InChI=1S/C49H56ClF3N8O6S2/c1-48(2)16-12-35(40(29-48)33-4-6-36(50)7-5-33)31-59-19-21-60(22-20-59)37-8-10-39(42(27-37)61-18-3-23-67-47-43(61)26-34-13-17-55-45(34)57-47)46(62)58-69(64,65)38-9-11-41(56-30-32-14-24-66-25-15-32)44(28-38)68(54,63)49(51,52)53/h4-11,13,17,26-28,32,54,56H,3,12,14-16,18-25,29-31H2,1-2H3,(H,55,57)(H,58,62). The van der Waals surface area contributed by atoms with Crippen molar-refractivity contribution in [3.63, 3.8) is 0 Å². The first-order valence-electron chi connectivity index (χ1n) is 23.2. The van der Waals surface area contributed by atoms with Gasteiger partial charge in [-0.2, -0.15) is 18.2 Å². The molecule has 1 atom stereocenters. The number of sulfonamides is 1. The van der Waals surface area contributed by atoms with Gasteiger partial charge in [-0.1, -0.05) is 43.2 Å². The second-order valence-corrected chi connectivity index (χ2v) is 23.1. The van der Waals surface area contributed by atoms with Gasteiger partial charge >= 0.3 is 5.51 Å². The van der Waals surface area contributed by atoms with Crippen molar-refractivity contribution in [3.05, 3.63) is 101 Å². The summed E-state index contributed by atoms with van der Waals surface area (Å²) in [6.45, 7) is 10.2. The minimum absolute atomic E-state index is 0.0283. The number of ether oxygens (including phenoxy) is 2. The largest absolute Gasteiger partial charge is 0.483 e. The number of benzene rings is 3. The van der Waals surface area contributed by atoms with Gasteiger partial charge in [0.2, 0.25) is 5.88 Å². The van der Waals surface area contributed by atoms with E-state index < -0.39 is 41.0 Å². The molecule has 2 fully saturated rings. The molecule has 69 heavy (non-hydrogen) atoms. The van der Waals surface area contributed by atoms with Crippen molar-refractivity contribution in [1.82, 2.24) is 19.6 Å². The van der Waals surface area contributed by atoms with Gasteiger partial charge in [0.1, 0.15) is 11.3 Å². The van der Waals surface area contributed by atoms with Gasteiger partial charge in [-0.3, -0.25) is 9.69 Å². The molecule has 0 spiro atoms. The lowest BCUT2D eigenvalue weighted by molar-refractivity contribution is -0.0406. The molecule has 4 aliphatic rings. The third-order valence-electron chi connectivity index (χ3n) is 13.6. The van der Waals surface area contributed by atoms with Crippen LogP contribution >= 0.6 is 11.6 Å². The van der Waals surface area contributed by atoms with Gasteiger partial charge in [0.15, 0.2) is 9.73 Å². The zero-order valence-corrected chi connectivity index (χ0v) is 40.9. The Hall–Kier alpha value is -5.34. The van der Waals surface area contributed by atoms with E-state index in [1.165, 1.54) is 16.7 Å².